The highest BCUT2D eigenvalue weighted by atomic mass is 16.6. The molecule has 1 saturated heterocycles. The number of rotatable bonds is 4. The minimum atomic E-state index is -0.304. The first-order valence-corrected chi connectivity index (χ1v) is 4.72. The van der Waals surface area contributed by atoms with Gasteiger partial charge >= 0.3 is 0 Å². The summed E-state index contributed by atoms with van der Waals surface area (Å²) in [6.07, 6.45) is 3.29. The summed E-state index contributed by atoms with van der Waals surface area (Å²) in [7, 11) is 0. The van der Waals surface area contributed by atoms with E-state index in [-0.39, 0.29) is 29.9 Å². The molecule has 3 atom stereocenters. The van der Waals surface area contributed by atoms with E-state index in [1.165, 1.54) is 6.08 Å². The zero-order valence-corrected chi connectivity index (χ0v) is 8.69. The molecule has 1 rings (SSSR count). The number of allylic oxidation sites excluding steroid dienone is 2. The standard InChI is InChI=1S/C10H17NO3/c1-4-5-8(12)9(13)6(2)11-10-7(3)14-10/h4-7,10-13H,1-3H3/b5-4-,9-8-. The molecule has 0 bridgehead atoms. The lowest BCUT2D eigenvalue weighted by molar-refractivity contribution is 0.275. The van der Waals surface area contributed by atoms with Gasteiger partial charge < -0.3 is 14.9 Å². The molecule has 14 heavy (non-hydrogen) atoms. The molecule has 0 aromatic carbocycles. The Bertz CT molecular complexity index is 260. The van der Waals surface area contributed by atoms with E-state index in [0.717, 1.165) is 0 Å². The molecule has 0 aromatic heterocycles. The van der Waals surface area contributed by atoms with Crippen molar-refractivity contribution in [2.45, 2.75) is 39.1 Å². The first-order valence-electron chi connectivity index (χ1n) is 4.72. The van der Waals surface area contributed by atoms with E-state index >= 15 is 0 Å². The fourth-order valence-corrected chi connectivity index (χ4v) is 1.15. The van der Waals surface area contributed by atoms with Crippen LogP contribution in [0, 0.1) is 0 Å². The second-order valence-corrected chi connectivity index (χ2v) is 3.42. The van der Waals surface area contributed by atoms with Gasteiger partial charge in [-0.3, -0.25) is 5.32 Å². The summed E-state index contributed by atoms with van der Waals surface area (Å²) in [5.74, 6) is -0.174. The van der Waals surface area contributed by atoms with Crippen LogP contribution in [0.25, 0.3) is 0 Å². The van der Waals surface area contributed by atoms with Crippen molar-refractivity contribution in [1.82, 2.24) is 5.32 Å². The minimum absolute atomic E-state index is 0.00874. The van der Waals surface area contributed by atoms with Gasteiger partial charge in [0.05, 0.1) is 12.1 Å². The zero-order chi connectivity index (χ0) is 10.7. The molecule has 3 unspecified atom stereocenters. The average Bonchev–Trinajstić information content (AvgIpc) is 2.80. The predicted molar refractivity (Wildman–Crippen MR) is 54.0 cm³/mol. The molecule has 0 radical (unpaired) electrons. The molecule has 1 heterocycles. The van der Waals surface area contributed by atoms with Crippen molar-refractivity contribution in [2.24, 2.45) is 0 Å². The Kier molecular flexibility index (Phi) is 3.55. The maximum atomic E-state index is 9.54. The fourth-order valence-electron chi connectivity index (χ4n) is 1.15. The molecule has 0 saturated carbocycles. The highest BCUT2D eigenvalue weighted by Gasteiger charge is 2.35. The first-order chi connectivity index (χ1) is 6.56. The van der Waals surface area contributed by atoms with Crippen molar-refractivity contribution < 1.29 is 14.9 Å². The Hall–Kier alpha value is -1.00. The van der Waals surface area contributed by atoms with Crippen LogP contribution in [-0.2, 0) is 4.74 Å². The van der Waals surface area contributed by atoms with E-state index < -0.39 is 0 Å². The average molecular weight is 199 g/mol. The predicted octanol–water partition coefficient (Wildman–Crippen LogP) is 1.61. The highest BCUT2D eigenvalue weighted by molar-refractivity contribution is 5.17. The summed E-state index contributed by atoms with van der Waals surface area (Å²) in [4.78, 5) is 0. The lowest BCUT2D eigenvalue weighted by Gasteiger charge is -2.11. The summed E-state index contributed by atoms with van der Waals surface area (Å²) in [6.45, 7) is 5.48. The van der Waals surface area contributed by atoms with Gasteiger partial charge in [0.2, 0.25) is 0 Å². The Labute approximate surface area is 83.9 Å². The smallest absolute Gasteiger partial charge is 0.154 e. The molecule has 1 aliphatic heterocycles. The van der Waals surface area contributed by atoms with E-state index in [1.807, 2.05) is 6.92 Å². The van der Waals surface area contributed by atoms with Crippen molar-refractivity contribution in [1.29, 1.82) is 0 Å². The largest absolute Gasteiger partial charge is 0.507 e. The topological polar surface area (TPSA) is 65.0 Å². The number of aliphatic hydroxyl groups excluding tert-OH is 2. The molecule has 0 amide bonds. The summed E-state index contributed by atoms with van der Waals surface area (Å²) < 4.78 is 5.13. The Morgan fingerprint density at radius 2 is 2.07 bits per heavy atom. The Morgan fingerprint density at radius 1 is 1.50 bits per heavy atom. The van der Waals surface area contributed by atoms with Crippen LogP contribution >= 0.6 is 0 Å². The summed E-state index contributed by atoms with van der Waals surface area (Å²) in [5, 5.41) is 21.9. The summed E-state index contributed by atoms with van der Waals surface area (Å²) in [5.41, 5.74) is 0. The molecule has 4 heteroatoms. The van der Waals surface area contributed by atoms with Crippen molar-refractivity contribution in [3.05, 3.63) is 23.7 Å². The number of ether oxygens (including phenoxy) is 1. The van der Waals surface area contributed by atoms with Gasteiger partial charge in [0.15, 0.2) is 11.5 Å². The van der Waals surface area contributed by atoms with Gasteiger partial charge in [-0.15, -0.1) is 0 Å². The van der Waals surface area contributed by atoms with Crippen LogP contribution in [0.15, 0.2) is 23.7 Å². The molecular formula is C10H17NO3. The van der Waals surface area contributed by atoms with Gasteiger partial charge in [-0.25, -0.2) is 0 Å². The maximum Gasteiger partial charge on any atom is 0.154 e. The SMILES string of the molecule is C/C=C\C(O)=C(\O)C(C)NC1OC1C. The number of hydrogen-bond acceptors (Lipinski definition) is 4. The van der Waals surface area contributed by atoms with Crippen LogP contribution in [0.5, 0.6) is 0 Å². The fraction of sp³-hybridized carbons (Fsp3) is 0.600. The zero-order valence-electron chi connectivity index (χ0n) is 8.69. The number of nitrogens with one attached hydrogen (secondary N) is 1. The second kappa shape index (κ2) is 4.48. The molecular weight excluding hydrogens is 182 g/mol. The molecule has 0 aliphatic carbocycles. The van der Waals surface area contributed by atoms with Gasteiger partial charge in [-0.1, -0.05) is 6.08 Å². The molecule has 0 aromatic rings. The minimum Gasteiger partial charge on any atom is -0.507 e. The van der Waals surface area contributed by atoms with Crippen molar-refractivity contribution in [3.63, 3.8) is 0 Å². The van der Waals surface area contributed by atoms with Crippen LogP contribution in [0.1, 0.15) is 20.8 Å². The Morgan fingerprint density at radius 3 is 2.50 bits per heavy atom. The van der Waals surface area contributed by atoms with E-state index in [4.69, 9.17) is 4.74 Å². The third-order valence-corrected chi connectivity index (χ3v) is 2.12. The third kappa shape index (κ3) is 2.75. The normalized spacial score (nSPS) is 30.2. The van der Waals surface area contributed by atoms with Gasteiger partial charge in [0, 0.05) is 0 Å². The molecule has 1 aliphatic rings. The lowest BCUT2D eigenvalue weighted by atomic mass is 10.2. The van der Waals surface area contributed by atoms with E-state index in [2.05, 4.69) is 5.32 Å². The van der Waals surface area contributed by atoms with E-state index in [9.17, 15) is 10.2 Å². The van der Waals surface area contributed by atoms with Crippen molar-refractivity contribution >= 4 is 0 Å². The van der Waals surface area contributed by atoms with E-state index in [0.29, 0.717) is 0 Å². The second-order valence-electron chi connectivity index (χ2n) is 3.42. The number of epoxide rings is 1. The van der Waals surface area contributed by atoms with Crippen LogP contribution < -0.4 is 5.32 Å². The van der Waals surface area contributed by atoms with Crippen LogP contribution in [-0.4, -0.2) is 28.6 Å². The molecule has 1 fully saturated rings. The molecule has 0 spiro atoms. The third-order valence-electron chi connectivity index (χ3n) is 2.12. The van der Waals surface area contributed by atoms with Crippen LogP contribution in [0.3, 0.4) is 0 Å². The first kappa shape index (κ1) is 11.1. The van der Waals surface area contributed by atoms with E-state index in [1.54, 1.807) is 19.9 Å². The van der Waals surface area contributed by atoms with Gasteiger partial charge in [-0.05, 0) is 26.8 Å². The van der Waals surface area contributed by atoms with Gasteiger partial charge in [0.1, 0.15) is 6.23 Å². The molecule has 4 nitrogen and oxygen atoms in total. The highest BCUT2D eigenvalue weighted by Crippen LogP contribution is 2.19. The maximum absolute atomic E-state index is 9.54. The molecule has 3 N–H and O–H groups in total. The van der Waals surface area contributed by atoms with Crippen LogP contribution in [0.4, 0.5) is 0 Å². The van der Waals surface area contributed by atoms with Crippen molar-refractivity contribution in [2.75, 3.05) is 0 Å². The quantitative estimate of drug-likeness (QED) is 0.365. The summed E-state index contributed by atoms with van der Waals surface area (Å²) in [6, 6.07) is -0.304. The number of hydrogen-bond donors (Lipinski definition) is 3. The Balaban J connectivity index is 2.50. The number of aliphatic hydroxyl groups is 2. The molecule has 80 valence electrons. The van der Waals surface area contributed by atoms with Gasteiger partial charge in [-0.2, -0.15) is 0 Å². The summed E-state index contributed by atoms with van der Waals surface area (Å²) >= 11 is 0. The lowest BCUT2D eigenvalue weighted by Crippen LogP contribution is -2.32. The van der Waals surface area contributed by atoms with Gasteiger partial charge in [0.25, 0.3) is 0 Å². The van der Waals surface area contributed by atoms with Crippen LogP contribution in [0.2, 0.25) is 0 Å². The van der Waals surface area contributed by atoms with Crippen molar-refractivity contribution in [3.8, 4) is 0 Å². The monoisotopic (exact) mass is 199 g/mol.